The van der Waals surface area contributed by atoms with Crippen molar-refractivity contribution in [2.24, 2.45) is 0 Å². The minimum Gasteiger partial charge on any atom is -0.380 e. The van der Waals surface area contributed by atoms with Crippen molar-refractivity contribution in [3.8, 4) is 22.5 Å². The van der Waals surface area contributed by atoms with Crippen LogP contribution in [-0.4, -0.2) is 5.16 Å². The summed E-state index contributed by atoms with van der Waals surface area (Å²) >= 11 is 12.1. The summed E-state index contributed by atoms with van der Waals surface area (Å²) < 4.78 is 5.35. The molecule has 2 N–H and O–H groups in total. The van der Waals surface area contributed by atoms with E-state index in [-0.39, 0.29) is 0 Å². The summed E-state index contributed by atoms with van der Waals surface area (Å²) in [6.45, 7) is 0. The molecule has 0 saturated heterocycles. The van der Waals surface area contributed by atoms with E-state index in [9.17, 15) is 0 Å². The van der Waals surface area contributed by atoms with Crippen LogP contribution in [0.4, 0.5) is 5.82 Å². The summed E-state index contributed by atoms with van der Waals surface area (Å²) in [4.78, 5) is 0. The molecule has 2 aromatic carbocycles. The Morgan fingerprint density at radius 1 is 0.950 bits per heavy atom. The number of benzene rings is 2. The standard InChI is InChI=1S/C15H10Cl2N2O/c16-10-7-5-9(6-8-10)13-14(20-19-15(13)18)11-3-1-2-4-12(11)17/h1-8H,(H2,18,19). The van der Waals surface area contributed by atoms with Gasteiger partial charge >= 0.3 is 0 Å². The maximum Gasteiger partial charge on any atom is 0.178 e. The summed E-state index contributed by atoms with van der Waals surface area (Å²) in [5.74, 6) is 0.873. The van der Waals surface area contributed by atoms with E-state index in [0.717, 1.165) is 16.7 Å². The number of nitrogens with zero attached hydrogens (tertiary/aromatic N) is 1. The molecule has 20 heavy (non-hydrogen) atoms. The van der Waals surface area contributed by atoms with Gasteiger partial charge in [0.2, 0.25) is 0 Å². The fraction of sp³-hybridized carbons (Fsp3) is 0. The molecule has 0 aliphatic rings. The third kappa shape index (κ3) is 2.26. The number of rotatable bonds is 2. The Morgan fingerprint density at radius 3 is 2.35 bits per heavy atom. The monoisotopic (exact) mass is 304 g/mol. The molecule has 0 unspecified atom stereocenters. The van der Waals surface area contributed by atoms with Crippen LogP contribution in [-0.2, 0) is 0 Å². The lowest BCUT2D eigenvalue weighted by atomic mass is 10.0. The van der Waals surface area contributed by atoms with Gasteiger partial charge in [-0.2, -0.15) is 0 Å². The molecule has 0 fully saturated rings. The Morgan fingerprint density at radius 2 is 1.65 bits per heavy atom. The van der Waals surface area contributed by atoms with Crippen molar-refractivity contribution in [2.75, 3.05) is 5.73 Å². The number of hydrogen-bond donors (Lipinski definition) is 1. The van der Waals surface area contributed by atoms with Crippen LogP contribution in [0.3, 0.4) is 0 Å². The molecular formula is C15H10Cl2N2O. The van der Waals surface area contributed by atoms with Crippen LogP contribution in [0.15, 0.2) is 53.1 Å². The molecule has 5 heteroatoms. The van der Waals surface area contributed by atoms with E-state index in [0.29, 0.717) is 21.6 Å². The molecule has 0 radical (unpaired) electrons. The normalized spacial score (nSPS) is 10.7. The Hall–Kier alpha value is -1.97. The predicted molar refractivity (Wildman–Crippen MR) is 81.8 cm³/mol. The first-order valence-electron chi connectivity index (χ1n) is 5.93. The number of aromatic nitrogens is 1. The Kier molecular flexibility index (Phi) is 3.38. The van der Waals surface area contributed by atoms with Crippen molar-refractivity contribution < 1.29 is 4.52 Å². The van der Waals surface area contributed by atoms with Crippen molar-refractivity contribution in [2.45, 2.75) is 0 Å². The molecule has 0 aliphatic heterocycles. The van der Waals surface area contributed by atoms with Crippen LogP contribution < -0.4 is 5.73 Å². The SMILES string of the molecule is Nc1noc(-c2ccccc2Cl)c1-c1ccc(Cl)cc1. The molecule has 100 valence electrons. The van der Waals surface area contributed by atoms with Crippen molar-refractivity contribution in [3.05, 3.63) is 58.6 Å². The number of nitrogens with two attached hydrogens (primary N) is 1. The zero-order valence-electron chi connectivity index (χ0n) is 10.3. The van der Waals surface area contributed by atoms with E-state index >= 15 is 0 Å². The first kappa shape index (κ1) is 13.0. The number of nitrogen functional groups attached to an aromatic ring is 1. The van der Waals surface area contributed by atoms with E-state index < -0.39 is 0 Å². The molecule has 0 spiro atoms. The molecule has 1 aromatic heterocycles. The van der Waals surface area contributed by atoms with Gasteiger partial charge in [-0.3, -0.25) is 0 Å². The van der Waals surface area contributed by atoms with Gasteiger partial charge in [0.05, 0.1) is 10.6 Å². The van der Waals surface area contributed by atoms with Gasteiger partial charge in [-0.05, 0) is 29.8 Å². The topological polar surface area (TPSA) is 52.0 Å². The maximum absolute atomic E-state index is 6.20. The van der Waals surface area contributed by atoms with Crippen LogP contribution in [0.1, 0.15) is 0 Å². The van der Waals surface area contributed by atoms with Gasteiger partial charge in [0, 0.05) is 10.6 Å². The van der Waals surface area contributed by atoms with Crippen molar-refractivity contribution >= 4 is 29.0 Å². The lowest BCUT2D eigenvalue weighted by Crippen LogP contribution is -1.89. The molecule has 0 bridgehead atoms. The van der Waals surface area contributed by atoms with E-state index in [4.69, 9.17) is 33.5 Å². The first-order chi connectivity index (χ1) is 9.66. The second kappa shape index (κ2) is 5.19. The fourth-order valence-corrected chi connectivity index (χ4v) is 2.37. The molecule has 1 heterocycles. The van der Waals surface area contributed by atoms with E-state index in [2.05, 4.69) is 5.16 Å². The number of hydrogen-bond acceptors (Lipinski definition) is 3. The largest absolute Gasteiger partial charge is 0.380 e. The van der Waals surface area contributed by atoms with Gasteiger partial charge in [-0.15, -0.1) is 0 Å². The second-order valence-corrected chi connectivity index (χ2v) is 5.10. The van der Waals surface area contributed by atoms with Crippen LogP contribution in [0.25, 0.3) is 22.5 Å². The Balaban J connectivity index is 2.20. The van der Waals surface area contributed by atoms with Gasteiger partial charge in [-0.1, -0.05) is 52.6 Å². The van der Waals surface area contributed by atoms with Crippen LogP contribution in [0, 0.1) is 0 Å². The molecule has 0 amide bonds. The smallest absolute Gasteiger partial charge is 0.178 e. The highest BCUT2D eigenvalue weighted by Gasteiger charge is 2.19. The molecular weight excluding hydrogens is 295 g/mol. The summed E-state index contributed by atoms with van der Waals surface area (Å²) in [6, 6.07) is 14.7. The van der Waals surface area contributed by atoms with Crippen molar-refractivity contribution in [1.82, 2.24) is 5.16 Å². The molecule has 0 atom stereocenters. The van der Waals surface area contributed by atoms with Gasteiger partial charge in [-0.25, -0.2) is 0 Å². The highest BCUT2D eigenvalue weighted by atomic mass is 35.5. The number of anilines is 1. The predicted octanol–water partition coefficient (Wildman–Crippen LogP) is 4.90. The Bertz CT molecular complexity index is 751. The van der Waals surface area contributed by atoms with E-state index in [1.807, 2.05) is 30.3 Å². The summed E-state index contributed by atoms with van der Waals surface area (Å²) in [7, 11) is 0. The van der Waals surface area contributed by atoms with Gasteiger partial charge in [0.1, 0.15) is 0 Å². The summed E-state index contributed by atoms with van der Waals surface area (Å²) in [5.41, 5.74) is 8.27. The molecule has 3 nitrogen and oxygen atoms in total. The highest BCUT2D eigenvalue weighted by molar-refractivity contribution is 6.33. The number of halogens is 2. The summed E-state index contributed by atoms with van der Waals surface area (Å²) in [6.07, 6.45) is 0. The molecule has 0 aliphatic carbocycles. The summed E-state index contributed by atoms with van der Waals surface area (Å²) in [5, 5.41) is 5.08. The van der Waals surface area contributed by atoms with Gasteiger partial charge in [0.15, 0.2) is 11.6 Å². The quantitative estimate of drug-likeness (QED) is 0.732. The highest BCUT2D eigenvalue weighted by Crippen LogP contribution is 2.39. The molecule has 3 aromatic rings. The molecule has 3 rings (SSSR count). The van der Waals surface area contributed by atoms with Crippen molar-refractivity contribution in [1.29, 1.82) is 0 Å². The van der Waals surface area contributed by atoms with Gasteiger partial charge in [0.25, 0.3) is 0 Å². The average Bonchev–Trinajstić information content (AvgIpc) is 2.82. The van der Waals surface area contributed by atoms with Crippen molar-refractivity contribution in [3.63, 3.8) is 0 Å². The Labute approximate surface area is 125 Å². The van der Waals surface area contributed by atoms with E-state index in [1.165, 1.54) is 0 Å². The maximum atomic E-state index is 6.20. The first-order valence-corrected chi connectivity index (χ1v) is 6.68. The fourth-order valence-electron chi connectivity index (χ4n) is 2.03. The second-order valence-electron chi connectivity index (χ2n) is 4.26. The van der Waals surface area contributed by atoms with E-state index in [1.54, 1.807) is 18.2 Å². The van der Waals surface area contributed by atoms with Crippen LogP contribution >= 0.6 is 23.2 Å². The third-order valence-corrected chi connectivity index (χ3v) is 3.55. The molecule has 0 saturated carbocycles. The zero-order chi connectivity index (χ0) is 14.1. The van der Waals surface area contributed by atoms with Crippen LogP contribution in [0.5, 0.6) is 0 Å². The van der Waals surface area contributed by atoms with Gasteiger partial charge < -0.3 is 10.3 Å². The average molecular weight is 305 g/mol. The minimum absolute atomic E-state index is 0.322. The van der Waals surface area contributed by atoms with Crippen LogP contribution in [0.2, 0.25) is 10.0 Å². The lowest BCUT2D eigenvalue weighted by Gasteiger charge is -2.04. The zero-order valence-corrected chi connectivity index (χ0v) is 11.8. The lowest BCUT2D eigenvalue weighted by molar-refractivity contribution is 0.436. The third-order valence-electron chi connectivity index (χ3n) is 2.97. The minimum atomic E-state index is 0.322.